The molecule has 0 aliphatic rings. The summed E-state index contributed by atoms with van der Waals surface area (Å²) < 4.78 is 0. The van der Waals surface area contributed by atoms with Crippen LogP contribution in [0.3, 0.4) is 0 Å². The maximum atomic E-state index is 4.92. The second-order valence-corrected chi connectivity index (χ2v) is 0.730. The van der Waals surface area contributed by atoms with Crippen LogP contribution < -0.4 is 11.1 Å². The Morgan fingerprint density at radius 2 is 2.33 bits per heavy atom. The third-order valence-electron chi connectivity index (χ3n) is 0.310. The SMILES string of the molecule is C=CNC=CN. The molecule has 0 rings (SSSR count). The van der Waals surface area contributed by atoms with Crippen LogP contribution in [-0.4, -0.2) is 0 Å². The van der Waals surface area contributed by atoms with Gasteiger partial charge in [-0.25, -0.2) is 0 Å². The summed E-state index contributed by atoms with van der Waals surface area (Å²) >= 11 is 0. The molecule has 0 aromatic rings. The molecule has 6 heavy (non-hydrogen) atoms. The molecule has 0 radical (unpaired) electrons. The molecule has 0 spiro atoms. The van der Waals surface area contributed by atoms with Crippen LogP contribution in [0.25, 0.3) is 0 Å². The fourth-order valence-electron chi connectivity index (χ4n) is 0.124. The fourth-order valence-corrected chi connectivity index (χ4v) is 0.124. The van der Waals surface area contributed by atoms with Crippen LogP contribution in [0.2, 0.25) is 0 Å². The number of nitrogens with one attached hydrogen (secondary N) is 1. The molecule has 0 aliphatic carbocycles. The lowest BCUT2D eigenvalue weighted by Crippen LogP contribution is -1.91. The third-order valence-corrected chi connectivity index (χ3v) is 0.310. The van der Waals surface area contributed by atoms with Crippen LogP contribution in [-0.2, 0) is 0 Å². The van der Waals surface area contributed by atoms with Gasteiger partial charge >= 0.3 is 0 Å². The number of hydrogen-bond acceptors (Lipinski definition) is 2. The van der Waals surface area contributed by atoms with Gasteiger partial charge in [-0.05, 0) is 6.20 Å². The summed E-state index contributed by atoms with van der Waals surface area (Å²) in [6.45, 7) is 3.38. The first kappa shape index (κ1) is 5.08. The second-order valence-electron chi connectivity index (χ2n) is 0.730. The maximum Gasteiger partial charge on any atom is 0.0161 e. The van der Waals surface area contributed by atoms with E-state index >= 15 is 0 Å². The van der Waals surface area contributed by atoms with Crippen LogP contribution in [0, 0.1) is 0 Å². The van der Waals surface area contributed by atoms with Crippen LogP contribution in [0.4, 0.5) is 0 Å². The minimum absolute atomic E-state index is 1.40. The maximum absolute atomic E-state index is 4.92. The highest BCUT2D eigenvalue weighted by Gasteiger charge is 1.50. The van der Waals surface area contributed by atoms with Gasteiger partial charge in [0.05, 0.1) is 0 Å². The second kappa shape index (κ2) is 4.08. The molecule has 0 fully saturated rings. The van der Waals surface area contributed by atoms with Gasteiger partial charge in [0.15, 0.2) is 0 Å². The van der Waals surface area contributed by atoms with Crippen LogP contribution in [0.1, 0.15) is 0 Å². The highest BCUT2D eigenvalue weighted by Crippen LogP contribution is 1.51. The highest BCUT2D eigenvalue weighted by atomic mass is 14.8. The van der Waals surface area contributed by atoms with Gasteiger partial charge in [0.2, 0.25) is 0 Å². The molecular formula is C4H8N2. The van der Waals surface area contributed by atoms with Crippen molar-refractivity contribution in [1.82, 2.24) is 5.32 Å². The van der Waals surface area contributed by atoms with Crippen molar-refractivity contribution < 1.29 is 0 Å². The van der Waals surface area contributed by atoms with Crippen molar-refractivity contribution in [2.45, 2.75) is 0 Å². The molecule has 3 N–H and O–H groups in total. The molecule has 0 heterocycles. The quantitative estimate of drug-likeness (QED) is 0.499. The average molecular weight is 84.1 g/mol. The van der Waals surface area contributed by atoms with E-state index in [2.05, 4.69) is 11.9 Å². The highest BCUT2D eigenvalue weighted by molar-refractivity contribution is 4.78. The van der Waals surface area contributed by atoms with E-state index in [1.807, 2.05) is 0 Å². The molecule has 0 atom stereocenters. The van der Waals surface area contributed by atoms with Crippen molar-refractivity contribution in [3.8, 4) is 0 Å². The van der Waals surface area contributed by atoms with E-state index in [-0.39, 0.29) is 0 Å². The lowest BCUT2D eigenvalue weighted by molar-refractivity contribution is 1.19. The first-order chi connectivity index (χ1) is 2.91. The fraction of sp³-hybridized carbons (Fsp3) is 0. The van der Waals surface area contributed by atoms with Gasteiger partial charge in [-0.3, -0.25) is 0 Å². The molecule has 0 aromatic carbocycles. The normalized spacial score (nSPS) is 8.67. The zero-order valence-electron chi connectivity index (χ0n) is 3.52. The smallest absolute Gasteiger partial charge is 0.0161 e. The lowest BCUT2D eigenvalue weighted by Gasteiger charge is -1.79. The molecular weight excluding hydrogens is 76.1 g/mol. The summed E-state index contributed by atoms with van der Waals surface area (Å²) in [5, 5.41) is 2.66. The first-order valence-electron chi connectivity index (χ1n) is 1.65. The van der Waals surface area contributed by atoms with Crippen molar-refractivity contribution in [1.29, 1.82) is 0 Å². The van der Waals surface area contributed by atoms with Crippen LogP contribution >= 0.6 is 0 Å². The summed E-state index contributed by atoms with van der Waals surface area (Å²) in [7, 11) is 0. The Morgan fingerprint density at radius 1 is 1.67 bits per heavy atom. The molecule has 0 aromatic heterocycles. The zero-order valence-corrected chi connectivity index (χ0v) is 3.52. The summed E-state index contributed by atoms with van der Waals surface area (Å²) in [6.07, 6.45) is 4.54. The molecule has 0 unspecified atom stereocenters. The van der Waals surface area contributed by atoms with Gasteiger partial charge < -0.3 is 11.1 Å². The first-order valence-corrected chi connectivity index (χ1v) is 1.65. The minimum Gasteiger partial charge on any atom is -0.403 e. The zero-order chi connectivity index (χ0) is 4.83. The van der Waals surface area contributed by atoms with Crippen LogP contribution in [0.15, 0.2) is 25.2 Å². The van der Waals surface area contributed by atoms with Crippen molar-refractivity contribution >= 4 is 0 Å². The van der Waals surface area contributed by atoms with Gasteiger partial charge in [-0.1, -0.05) is 6.58 Å². The Labute approximate surface area is 37.3 Å². The Bertz CT molecular complexity index is 56.6. The number of hydrogen-bond donors (Lipinski definition) is 2. The van der Waals surface area contributed by atoms with Gasteiger partial charge in [0, 0.05) is 12.4 Å². The standard InChI is InChI=1S/C4H8N2/c1-2-6-4-3-5/h2-4,6H,1,5H2. The van der Waals surface area contributed by atoms with Crippen molar-refractivity contribution in [3.05, 3.63) is 25.2 Å². The van der Waals surface area contributed by atoms with Gasteiger partial charge in [-0.15, -0.1) is 0 Å². The van der Waals surface area contributed by atoms with Crippen molar-refractivity contribution in [2.24, 2.45) is 5.73 Å². The Balaban J connectivity index is 2.85. The predicted octanol–water partition coefficient (Wildman–Crippen LogP) is 0.149. The van der Waals surface area contributed by atoms with E-state index in [0.29, 0.717) is 0 Å². The lowest BCUT2D eigenvalue weighted by atomic mass is 10.9. The minimum atomic E-state index is 1.40. The molecule has 34 valence electrons. The number of rotatable bonds is 2. The van der Waals surface area contributed by atoms with Gasteiger partial charge in [-0.2, -0.15) is 0 Å². The van der Waals surface area contributed by atoms with Crippen LogP contribution in [0.5, 0.6) is 0 Å². The molecule has 0 saturated carbocycles. The Kier molecular flexibility index (Phi) is 3.45. The van der Waals surface area contributed by atoms with E-state index in [9.17, 15) is 0 Å². The average Bonchev–Trinajstić information content (AvgIpc) is 1.61. The van der Waals surface area contributed by atoms with Crippen molar-refractivity contribution in [2.75, 3.05) is 0 Å². The molecule has 2 nitrogen and oxygen atoms in total. The Morgan fingerprint density at radius 3 is 2.50 bits per heavy atom. The Hall–Kier alpha value is -0.920. The van der Waals surface area contributed by atoms with Crippen molar-refractivity contribution in [3.63, 3.8) is 0 Å². The third kappa shape index (κ3) is 3.08. The topological polar surface area (TPSA) is 38.0 Å². The molecule has 0 aliphatic heterocycles. The number of nitrogens with two attached hydrogens (primary N) is 1. The van der Waals surface area contributed by atoms with E-state index in [0.717, 1.165) is 0 Å². The monoisotopic (exact) mass is 84.1 g/mol. The molecule has 2 heteroatoms. The predicted molar refractivity (Wildman–Crippen MR) is 26.7 cm³/mol. The van der Waals surface area contributed by atoms with E-state index < -0.39 is 0 Å². The largest absolute Gasteiger partial charge is 0.403 e. The van der Waals surface area contributed by atoms with Gasteiger partial charge in [0.25, 0.3) is 0 Å². The van der Waals surface area contributed by atoms with E-state index in [1.54, 1.807) is 12.4 Å². The summed E-state index contributed by atoms with van der Waals surface area (Å²) in [6, 6.07) is 0. The van der Waals surface area contributed by atoms with E-state index in [1.165, 1.54) is 6.20 Å². The van der Waals surface area contributed by atoms with E-state index in [4.69, 9.17) is 5.73 Å². The summed E-state index contributed by atoms with van der Waals surface area (Å²) in [5.41, 5.74) is 4.92. The molecule has 0 saturated heterocycles. The summed E-state index contributed by atoms with van der Waals surface area (Å²) in [5.74, 6) is 0. The molecule has 0 amide bonds. The summed E-state index contributed by atoms with van der Waals surface area (Å²) in [4.78, 5) is 0. The molecule has 0 bridgehead atoms. The van der Waals surface area contributed by atoms with Gasteiger partial charge in [0.1, 0.15) is 0 Å².